The Labute approximate surface area is 142 Å². The predicted molar refractivity (Wildman–Crippen MR) is 94.0 cm³/mol. The molecule has 0 saturated heterocycles. The van der Waals surface area contributed by atoms with Crippen molar-refractivity contribution in [3.8, 4) is 11.5 Å². The van der Waals surface area contributed by atoms with Gasteiger partial charge >= 0.3 is 0 Å². The maximum atomic E-state index is 11.7. The van der Waals surface area contributed by atoms with Crippen molar-refractivity contribution < 1.29 is 14.6 Å². The van der Waals surface area contributed by atoms with E-state index >= 15 is 0 Å². The first kappa shape index (κ1) is 17.8. The minimum atomic E-state index is -0.191. The van der Waals surface area contributed by atoms with Crippen LogP contribution >= 0.6 is 0 Å². The Bertz CT molecular complexity index is 632. The van der Waals surface area contributed by atoms with Gasteiger partial charge in [-0.1, -0.05) is 42.5 Å². The highest BCUT2D eigenvalue weighted by molar-refractivity contribution is 5.77. The standard InChI is InChI=1S/C19H24N2O3/c1-21(14-16-8-3-2-4-9-16)13-7-12-20-19(23)15-24-18-11-6-5-10-17(18)22/h2-6,8-11,22H,7,12-15H2,1H3,(H,20,23). The Morgan fingerprint density at radius 1 is 1.12 bits per heavy atom. The number of carbonyl (C=O) groups excluding carboxylic acids is 1. The van der Waals surface area contributed by atoms with Crippen LogP contribution in [0.25, 0.3) is 0 Å². The number of carbonyl (C=O) groups is 1. The minimum absolute atomic E-state index is 0.0350. The molecule has 0 aromatic heterocycles. The van der Waals surface area contributed by atoms with Gasteiger partial charge in [-0.15, -0.1) is 0 Å². The summed E-state index contributed by atoms with van der Waals surface area (Å²) in [6.07, 6.45) is 0.867. The van der Waals surface area contributed by atoms with E-state index in [4.69, 9.17) is 4.74 Å². The molecule has 0 spiro atoms. The zero-order chi connectivity index (χ0) is 17.2. The van der Waals surface area contributed by atoms with E-state index < -0.39 is 0 Å². The lowest BCUT2D eigenvalue weighted by Crippen LogP contribution is -2.31. The maximum absolute atomic E-state index is 11.7. The number of nitrogens with one attached hydrogen (secondary N) is 1. The van der Waals surface area contributed by atoms with Gasteiger partial charge in [0, 0.05) is 13.1 Å². The number of para-hydroxylation sites is 2. The molecule has 2 aromatic rings. The number of rotatable bonds is 9. The summed E-state index contributed by atoms with van der Waals surface area (Å²) in [6, 6.07) is 16.9. The Morgan fingerprint density at radius 2 is 1.83 bits per heavy atom. The molecule has 0 radical (unpaired) electrons. The van der Waals surface area contributed by atoms with Crippen LogP contribution in [-0.2, 0) is 11.3 Å². The molecule has 24 heavy (non-hydrogen) atoms. The lowest BCUT2D eigenvalue weighted by Gasteiger charge is -2.16. The number of benzene rings is 2. The molecule has 0 aliphatic heterocycles. The summed E-state index contributed by atoms with van der Waals surface area (Å²) in [7, 11) is 2.07. The van der Waals surface area contributed by atoms with Crippen molar-refractivity contribution in [3.63, 3.8) is 0 Å². The lowest BCUT2D eigenvalue weighted by molar-refractivity contribution is -0.123. The average molecular weight is 328 g/mol. The van der Waals surface area contributed by atoms with E-state index in [9.17, 15) is 9.90 Å². The first-order chi connectivity index (χ1) is 11.6. The van der Waals surface area contributed by atoms with E-state index in [1.807, 2.05) is 18.2 Å². The molecule has 1 amide bonds. The maximum Gasteiger partial charge on any atom is 0.257 e. The normalized spacial score (nSPS) is 10.6. The predicted octanol–water partition coefficient (Wildman–Crippen LogP) is 2.41. The second kappa shape index (κ2) is 9.57. The number of nitrogens with zero attached hydrogens (tertiary/aromatic N) is 1. The molecule has 0 atom stereocenters. The van der Waals surface area contributed by atoms with E-state index in [-0.39, 0.29) is 18.3 Å². The lowest BCUT2D eigenvalue weighted by atomic mass is 10.2. The van der Waals surface area contributed by atoms with Crippen LogP contribution in [0.5, 0.6) is 11.5 Å². The molecule has 0 bridgehead atoms. The van der Waals surface area contributed by atoms with Gasteiger partial charge in [-0.2, -0.15) is 0 Å². The average Bonchev–Trinajstić information content (AvgIpc) is 2.59. The van der Waals surface area contributed by atoms with E-state index in [0.717, 1.165) is 19.5 Å². The van der Waals surface area contributed by atoms with Crippen LogP contribution in [0.1, 0.15) is 12.0 Å². The van der Waals surface area contributed by atoms with Crippen LogP contribution in [0, 0.1) is 0 Å². The van der Waals surface area contributed by atoms with Crippen LogP contribution in [0.15, 0.2) is 54.6 Å². The molecule has 128 valence electrons. The summed E-state index contributed by atoms with van der Waals surface area (Å²) in [6.45, 7) is 2.29. The third kappa shape index (κ3) is 6.30. The van der Waals surface area contributed by atoms with Gasteiger partial charge in [0.1, 0.15) is 0 Å². The summed E-state index contributed by atoms with van der Waals surface area (Å²) in [5, 5.41) is 12.4. The Balaban J connectivity index is 1.58. The van der Waals surface area contributed by atoms with Crippen molar-refractivity contribution in [1.29, 1.82) is 0 Å². The second-order valence-corrected chi connectivity index (χ2v) is 5.68. The van der Waals surface area contributed by atoms with Crippen LogP contribution in [0.4, 0.5) is 0 Å². The van der Waals surface area contributed by atoms with E-state index in [2.05, 4.69) is 29.4 Å². The molecule has 0 fully saturated rings. The van der Waals surface area contributed by atoms with Gasteiger partial charge < -0.3 is 20.1 Å². The molecular weight excluding hydrogens is 304 g/mol. The highest BCUT2D eigenvalue weighted by Gasteiger charge is 2.05. The molecule has 0 unspecified atom stereocenters. The summed E-state index contributed by atoms with van der Waals surface area (Å²) >= 11 is 0. The van der Waals surface area contributed by atoms with Crippen molar-refractivity contribution in [3.05, 3.63) is 60.2 Å². The van der Waals surface area contributed by atoms with Crippen molar-refractivity contribution in [2.24, 2.45) is 0 Å². The fourth-order valence-corrected chi connectivity index (χ4v) is 2.32. The second-order valence-electron chi connectivity index (χ2n) is 5.68. The number of aromatic hydroxyl groups is 1. The van der Waals surface area contributed by atoms with E-state index in [1.54, 1.807) is 18.2 Å². The van der Waals surface area contributed by atoms with Crippen molar-refractivity contribution in [1.82, 2.24) is 10.2 Å². The Morgan fingerprint density at radius 3 is 2.58 bits per heavy atom. The summed E-state index contributed by atoms with van der Waals surface area (Å²) in [5.41, 5.74) is 1.28. The first-order valence-corrected chi connectivity index (χ1v) is 8.05. The van der Waals surface area contributed by atoms with E-state index in [0.29, 0.717) is 12.3 Å². The smallest absolute Gasteiger partial charge is 0.257 e. The van der Waals surface area contributed by atoms with Gasteiger partial charge in [0.15, 0.2) is 18.1 Å². The quantitative estimate of drug-likeness (QED) is 0.694. The summed E-state index contributed by atoms with van der Waals surface area (Å²) in [5.74, 6) is 0.159. The zero-order valence-corrected chi connectivity index (χ0v) is 13.9. The summed E-state index contributed by atoms with van der Waals surface area (Å²) < 4.78 is 5.28. The largest absolute Gasteiger partial charge is 0.504 e. The number of hydrogen-bond acceptors (Lipinski definition) is 4. The van der Waals surface area contributed by atoms with Gasteiger partial charge in [-0.25, -0.2) is 0 Å². The Kier molecular flexibility index (Phi) is 7.11. The van der Waals surface area contributed by atoms with Crippen LogP contribution < -0.4 is 10.1 Å². The number of phenolic OH excluding ortho intramolecular Hbond substituents is 1. The number of hydrogen-bond donors (Lipinski definition) is 2. The molecule has 2 rings (SSSR count). The molecule has 5 nitrogen and oxygen atoms in total. The molecular formula is C19H24N2O3. The number of phenols is 1. The van der Waals surface area contributed by atoms with Gasteiger partial charge in [0.05, 0.1) is 0 Å². The molecule has 5 heteroatoms. The van der Waals surface area contributed by atoms with Gasteiger partial charge in [0.2, 0.25) is 0 Å². The highest BCUT2D eigenvalue weighted by atomic mass is 16.5. The van der Waals surface area contributed by atoms with Gasteiger partial charge in [0.25, 0.3) is 5.91 Å². The topological polar surface area (TPSA) is 61.8 Å². The summed E-state index contributed by atoms with van der Waals surface area (Å²) in [4.78, 5) is 14.0. The van der Waals surface area contributed by atoms with Crippen molar-refractivity contribution in [2.75, 3.05) is 26.7 Å². The fourth-order valence-electron chi connectivity index (χ4n) is 2.32. The molecule has 0 saturated carbocycles. The molecule has 0 aliphatic carbocycles. The van der Waals surface area contributed by atoms with Crippen LogP contribution in [-0.4, -0.2) is 42.7 Å². The number of amides is 1. The first-order valence-electron chi connectivity index (χ1n) is 8.05. The third-order valence-electron chi connectivity index (χ3n) is 3.56. The molecule has 2 aromatic carbocycles. The Hall–Kier alpha value is -2.53. The molecule has 0 heterocycles. The molecule has 0 aliphatic rings. The number of ether oxygens (including phenoxy) is 1. The SMILES string of the molecule is CN(CCCNC(=O)COc1ccccc1O)Cc1ccccc1. The third-order valence-corrected chi connectivity index (χ3v) is 3.56. The van der Waals surface area contributed by atoms with Crippen LogP contribution in [0.3, 0.4) is 0 Å². The monoisotopic (exact) mass is 328 g/mol. The van der Waals surface area contributed by atoms with Crippen molar-refractivity contribution >= 4 is 5.91 Å². The zero-order valence-electron chi connectivity index (χ0n) is 13.9. The van der Waals surface area contributed by atoms with Crippen molar-refractivity contribution in [2.45, 2.75) is 13.0 Å². The minimum Gasteiger partial charge on any atom is -0.504 e. The van der Waals surface area contributed by atoms with Crippen LogP contribution in [0.2, 0.25) is 0 Å². The highest BCUT2D eigenvalue weighted by Crippen LogP contribution is 2.23. The van der Waals surface area contributed by atoms with E-state index in [1.165, 1.54) is 11.6 Å². The van der Waals surface area contributed by atoms with Gasteiger partial charge in [-0.05, 0) is 37.7 Å². The fraction of sp³-hybridized carbons (Fsp3) is 0.316. The molecule has 2 N–H and O–H groups in total. The van der Waals surface area contributed by atoms with Gasteiger partial charge in [-0.3, -0.25) is 4.79 Å².